The van der Waals surface area contributed by atoms with E-state index in [0.29, 0.717) is 6.04 Å². The first-order valence-corrected chi connectivity index (χ1v) is 7.78. The van der Waals surface area contributed by atoms with Crippen LogP contribution in [0.4, 0.5) is 0 Å². The number of fused-ring (bicyclic) bond motifs is 1. The highest BCUT2D eigenvalue weighted by Gasteiger charge is 2.28. The van der Waals surface area contributed by atoms with Gasteiger partial charge in [-0.1, -0.05) is 31.5 Å². The van der Waals surface area contributed by atoms with Crippen molar-refractivity contribution in [3.8, 4) is 0 Å². The highest BCUT2D eigenvalue weighted by Crippen LogP contribution is 2.34. The zero-order valence-corrected chi connectivity index (χ0v) is 12.5. The van der Waals surface area contributed by atoms with E-state index in [1.54, 1.807) is 0 Å². The molecule has 2 aromatic rings. The van der Waals surface area contributed by atoms with Gasteiger partial charge in [0.1, 0.15) is 0 Å². The molecule has 0 radical (unpaired) electrons. The van der Waals surface area contributed by atoms with E-state index >= 15 is 0 Å². The Balaban J connectivity index is 1.84. The number of rotatable bonds is 4. The molecule has 1 aliphatic rings. The molecule has 20 heavy (non-hydrogen) atoms. The zero-order valence-electron chi connectivity index (χ0n) is 12.5. The first-order valence-electron chi connectivity index (χ1n) is 7.78. The predicted molar refractivity (Wildman–Crippen MR) is 84.8 cm³/mol. The van der Waals surface area contributed by atoms with Gasteiger partial charge in [0.05, 0.1) is 5.52 Å². The number of hydrogen-bond acceptors (Lipinski definition) is 2. The third-order valence-corrected chi connectivity index (χ3v) is 4.85. The van der Waals surface area contributed by atoms with Crippen molar-refractivity contribution in [1.82, 2.24) is 10.3 Å². The lowest BCUT2D eigenvalue weighted by Gasteiger charge is -2.24. The van der Waals surface area contributed by atoms with E-state index in [-0.39, 0.29) is 0 Å². The maximum atomic E-state index is 4.46. The molecular weight excluding hydrogens is 244 g/mol. The maximum Gasteiger partial charge on any atom is 0.0704 e. The van der Waals surface area contributed by atoms with Crippen molar-refractivity contribution in [3.63, 3.8) is 0 Å². The molecule has 1 aromatic heterocycles. The van der Waals surface area contributed by atoms with Crippen molar-refractivity contribution in [2.45, 2.75) is 38.6 Å². The molecule has 1 aromatic carbocycles. The Labute approximate surface area is 121 Å². The molecule has 106 valence electrons. The lowest BCUT2D eigenvalue weighted by molar-refractivity contribution is 0.368. The van der Waals surface area contributed by atoms with Gasteiger partial charge < -0.3 is 5.32 Å². The summed E-state index contributed by atoms with van der Waals surface area (Å²) in [7, 11) is 2.11. The van der Waals surface area contributed by atoms with E-state index in [4.69, 9.17) is 0 Å². The number of nitrogens with zero attached hydrogens (tertiary/aromatic N) is 1. The topological polar surface area (TPSA) is 24.9 Å². The summed E-state index contributed by atoms with van der Waals surface area (Å²) in [5.74, 6) is 1.71. The molecule has 2 heteroatoms. The smallest absolute Gasteiger partial charge is 0.0704 e. The second-order valence-electron chi connectivity index (χ2n) is 6.26. The predicted octanol–water partition coefficient (Wildman–Crippen LogP) is 3.80. The second kappa shape index (κ2) is 5.92. The van der Waals surface area contributed by atoms with Crippen LogP contribution in [0, 0.1) is 11.8 Å². The van der Waals surface area contributed by atoms with Crippen LogP contribution in [0.5, 0.6) is 0 Å². The Hall–Kier alpha value is -1.41. The van der Waals surface area contributed by atoms with E-state index < -0.39 is 0 Å². The third-order valence-electron chi connectivity index (χ3n) is 4.85. The molecule has 3 unspecified atom stereocenters. The summed E-state index contributed by atoms with van der Waals surface area (Å²) in [5.41, 5.74) is 2.54. The number of para-hydroxylation sites is 1. The lowest BCUT2D eigenvalue weighted by Crippen LogP contribution is -2.34. The fraction of sp³-hybridized carbons (Fsp3) is 0.500. The molecule has 0 bridgehead atoms. The monoisotopic (exact) mass is 268 g/mol. The largest absolute Gasteiger partial charge is 0.316 e. The van der Waals surface area contributed by atoms with E-state index in [0.717, 1.165) is 23.8 Å². The summed E-state index contributed by atoms with van der Waals surface area (Å²) in [6.07, 6.45) is 7.18. The second-order valence-corrected chi connectivity index (χ2v) is 6.26. The Morgan fingerprint density at radius 1 is 1.25 bits per heavy atom. The summed E-state index contributed by atoms with van der Waals surface area (Å²) in [4.78, 5) is 4.46. The number of nitrogens with one attached hydrogen (secondary N) is 1. The van der Waals surface area contributed by atoms with Gasteiger partial charge >= 0.3 is 0 Å². The molecule has 0 aliphatic heterocycles. The van der Waals surface area contributed by atoms with Crippen LogP contribution >= 0.6 is 0 Å². The van der Waals surface area contributed by atoms with E-state index in [9.17, 15) is 0 Å². The molecule has 2 nitrogen and oxygen atoms in total. The van der Waals surface area contributed by atoms with Crippen LogP contribution in [-0.2, 0) is 6.42 Å². The van der Waals surface area contributed by atoms with Gasteiger partial charge in [-0.3, -0.25) is 4.98 Å². The molecule has 1 heterocycles. The summed E-state index contributed by atoms with van der Waals surface area (Å²) in [6.45, 7) is 2.38. The van der Waals surface area contributed by atoms with Crippen molar-refractivity contribution in [2.24, 2.45) is 11.8 Å². The van der Waals surface area contributed by atoms with Crippen LogP contribution in [0.25, 0.3) is 10.9 Å². The lowest BCUT2D eigenvalue weighted by atomic mass is 9.90. The first kappa shape index (κ1) is 13.6. The fourth-order valence-electron chi connectivity index (χ4n) is 3.69. The van der Waals surface area contributed by atoms with Crippen molar-refractivity contribution in [2.75, 3.05) is 7.05 Å². The van der Waals surface area contributed by atoms with Gasteiger partial charge in [0.2, 0.25) is 0 Å². The van der Waals surface area contributed by atoms with Gasteiger partial charge in [0.25, 0.3) is 0 Å². The van der Waals surface area contributed by atoms with Gasteiger partial charge in [-0.15, -0.1) is 0 Å². The van der Waals surface area contributed by atoms with Crippen molar-refractivity contribution in [1.29, 1.82) is 0 Å². The molecule has 3 atom stereocenters. The maximum absolute atomic E-state index is 4.46. The van der Waals surface area contributed by atoms with Crippen molar-refractivity contribution < 1.29 is 0 Å². The van der Waals surface area contributed by atoms with Crippen LogP contribution in [-0.4, -0.2) is 18.1 Å². The number of aromatic nitrogens is 1. The van der Waals surface area contributed by atoms with Crippen LogP contribution in [0.3, 0.4) is 0 Å². The molecule has 3 rings (SSSR count). The first-order chi connectivity index (χ1) is 9.78. The van der Waals surface area contributed by atoms with Gasteiger partial charge in [0.15, 0.2) is 0 Å². The summed E-state index contributed by atoms with van der Waals surface area (Å²) in [6, 6.07) is 11.2. The highest BCUT2D eigenvalue weighted by molar-refractivity contribution is 5.81. The SMILES string of the molecule is CNC(Cc1ccnc2ccccc12)C1CCC(C)C1. The molecule has 1 fully saturated rings. The summed E-state index contributed by atoms with van der Waals surface area (Å²) < 4.78 is 0. The standard InChI is InChI=1S/C18H24N2/c1-13-7-8-15(11-13)18(19-2)12-14-9-10-20-17-6-4-3-5-16(14)17/h3-6,9-10,13,15,18-19H,7-8,11-12H2,1-2H3. The average molecular weight is 268 g/mol. The Morgan fingerprint density at radius 2 is 2.10 bits per heavy atom. The summed E-state index contributed by atoms with van der Waals surface area (Å²) >= 11 is 0. The van der Waals surface area contributed by atoms with Gasteiger partial charge in [-0.2, -0.15) is 0 Å². The van der Waals surface area contributed by atoms with Crippen LogP contribution < -0.4 is 5.32 Å². The number of hydrogen-bond donors (Lipinski definition) is 1. The Kier molecular flexibility index (Phi) is 4.02. The van der Waals surface area contributed by atoms with Gasteiger partial charge in [0, 0.05) is 17.6 Å². The minimum atomic E-state index is 0.589. The Bertz CT molecular complexity index is 573. The fourth-order valence-corrected chi connectivity index (χ4v) is 3.69. The molecule has 0 saturated heterocycles. The molecule has 0 amide bonds. The van der Waals surface area contributed by atoms with Gasteiger partial charge in [-0.05, 0) is 55.8 Å². The minimum absolute atomic E-state index is 0.589. The molecule has 1 saturated carbocycles. The zero-order chi connectivity index (χ0) is 13.9. The molecule has 1 aliphatic carbocycles. The number of pyridine rings is 1. The van der Waals surface area contributed by atoms with E-state index in [2.05, 4.69) is 54.6 Å². The van der Waals surface area contributed by atoms with Crippen LogP contribution in [0.1, 0.15) is 31.7 Å². The van der Waals surface area contributed by atoms with Crippen molar-refractivity contribution >= 4 is 10.9 Å². The molecule has 1 N–H and O–H groups in total. The molecular formula is C18H24N2. The quantitative estimate of drug-likeness (QED) is 0.912. The van der Waals surface area contributed by atoms with E-state index in [1.807, 2.05) is 6.20 Å². The third kappa shape index (κ3) is 2.71. The van der Waals surface area contributed by atoms with Crippen molar-refractivity contribution in [3.05, 3.63) is 42.1 Å². The van der Waals surface area contributed by atoms with Crippen LogP contribution in [0.2, 0.25) is 0 Å². The van der Waals surface area contributed by atoms with E-state index in [1.165, 1.54) is 30.2 Å². The van der Waals surface area contributed by atoms with Crippen LogP contribution in [0.15, 0.2) is 36.5 Å². The molecule has 0 spiro atoms. The minimum Gasteiger partial charge on any atom is -0.316 e. The Morgan fingerprint density at radius 3 is 2.85 bits per heavy atom. The highest BCUT2D eigenvalue weighted by atomic mass is 14.9. The summed E-state index contributed by atoms with van der Waals surface area (Å²) in [5, 5.41) is 4.86. The number of benzene rings is 1. The average Bonchev–Trinajstić information content (AvgIpc) is 2.91. The number of likely N-dealkylation sites (N-methyl/N-ethyl adjacent to an activating group) is 1. The normalized spacial score (nSPS) is 24.1. The van der Waals surface area contributed by atoms with Gasteiger partial charge in [-0.25, -0.2) is 0 Å².